The number of hydrogen-bond acceptors (Lipinski definition) is 21. The number of phosphoric acid groups is 3. The Morgan fingerprint density at radius 1 is 0.848 bits per heavy atom. The number of nitrogens with one attached hydrogen (secondary N) is 5. The van der Waals surface area contributed by atoms with Crippen LogP contribution in [0.1, 0.15) is 75.4 Å². The van der Waals surface area contributed by atoms with Gasteiger partial charge in [0.05, 0.1) is 24.7 Å². The van der Waals surface area contributed by atoms with Crippen molar-refractivity contribution in [2.45, 2.75) is 87.0 Å². The number of benzene rings is 3. The van der Waals surface area contributed by atoms with Gasteiger partial charge in [0.2, 0.25) is 16.2 Å². The molecule has 430 valence electrons. The van der Waals surface area contributed by atoms with E-state index in [0.29, 0.717) is 42.9 Å². The highest BCUT2D eigenvalue weighted by atomic mass is 32.2. The quantitative estimate of drug-likeness (QED) is 0.0152. The van der Waals surface area contributed by atoms with Gasteiger partial charge < -0.3 is 59.7 Å². The maximum Gasteiger partial charge on any atom is 0.490 e. The van der Waals surface area contributed by atoms with Gasteiger partial charge in [0.25, 0.3) is 5.91 Å². The summed E-state index contributed by atoms with van der Waals surface area (Å²) in [4.78, 5) is 77.4. The number of ether oxygens (including phenoxy) is 1. The number of imidazole rings is 1. The normalized spacial score (nSPS) is 17.9. The van der Waals surface area contributed by atoms with Crippen LogP contribution in [0.25, 0.3) is 44.6 Å². The summed E-state index contributed by atoms with van der Waals surface area (Å²) in [5, 5.41) is 22.2. The predicted molar refractivity (Wildman–Crippen MR) is 276 cm³/mol. The molecule has 0 bridgehead atoms. The number of anilines is 2. The molecule has 7 rings (SSSR count). The third kappa shape index (κ3) is 15.4. The van der Waals surface area contributed by atoms with E-state index in [1.165, 1.54) is 47.6 Å². The molecule has 4 heterocycles. The minimum atomic E-state index is -5.74. The standard InChI is InChI=1S/C44H56N9O21P3S2/c1-3-45-30-17-15-28-36(29-16-18-31(46-4-2)41(79(67,68)69)39(29)72-38(28)40(30)78(64,65)66)26-12-7-8-13-27(26)44(56)49-21-11-14-34(55)47-19-9-5-6-10-20-48-42-37-43(51-24-50-42)53(25-52-37)35-22-32(54)33(71-35)23-70-76(60,61)74-77(62,63)73-75(57,58)59/h7-8,12-13,15-18,24-25,32-33,35,45,54H,3-6,9-11,14,19-23H2,1-2H3,(H,47,55)(H,49,56)(H,60,61)(H,62,63)(H,48,50,51)(H2,57,58,59)(H,64,65,66)(H,67,68,69)/t32-,33+,35+/m0/s1. The number of hydrogen-bond donors (Lipinski definition) is 11. The van der Waals surface area contributed by atoms with Crippen LogP contribution in [0.15, 0.2) is 75.4 Å². The molecule has 2 aromatic heterocycles. The van der Waals surface area contributed by atoms with Crippen molar-refractivity contribution in [3.05, 3.63) is 72.1 Å². The number of carbonyl (C=O) groups excluding carboxylic acids is 2. The summed E-state index contributed by atoms with van der Waals surface area (Å²) in [5.41, 5.74) is 0.561. The first-order valence-electron chi connectivity index (χ1n) is 24.2. The van der Waals surface area contributed by atoms with Crippen molar-refractivity contribution in [3.63, 3.8) is 0 Å². The molecule has 30 nitrogen and oxygen atoms in total. The number of nitrogens with zero attached hydrogens (tertiary/aromatic N) is 4. The number of aliphatic hydroxyl groups is 1. The topological polar surface area (TPSA) is 454 Å². The summed E-state index contributed by atoms with van der Waals surface area (Å²) in [6, 6.07) is 12.0. The molecule has 2 unspecified atom stereocenters. The summed E-state index contributed by atoms with van der Waals surface area (Å²) < 4.78 is 135. The van der Waals surface area contributed by atoms with E-state index in [2.05, 4.69) is 54.4 Å². The van der Waals surface area contributed by atoms with E-state index in [1.807, 2.05) is 0 Å². The van der Waals surface area contributed by atoms with E-state index in [4.69, 9.17) is 18.9 Å². The van der Waals surface area contributed by atoms with Gasteiger partial charge in [-0.25, -0.2) is 42.1 Å². The van der Waals surface area contributed by atoms with Gasteiger partial charge >= 0.3 is 33.6 Å². The van der Waals surface area contributed by atoms with Crippen molar-refractivity contribution in [3.8, 4) is 22.5 Å². The Kier molecular flexibility index (Phi) is 19.6. The van der Waals surface area contributed by atoms with E-state index in [1.54, 1.807) is 32.0 Å². The lowest BCUT2D eigenvalue weighted by molar-refractivity contribution is -0.498. The number of phosphoric ester groups is 1. The Balaban J connectivity index is 0.884. The van der Waals surface area contributed by atoms with Gasteiger partial charge in [0.15, 0.2) is 28.3 Å². The molecule has 4 aromatic rings. The highest BCUT2D eigenvalue weighted by Crippen LogP contribution is 2.66. The van der Waals surface area contributed by atoms with Crippen molar-refractivity contribution in [2.24, 2.45) is 0 Å². The van der Waals surface area contributed by atoms with Gasteiger partial charge in [-0.2, -0.15) is 17.0 Å². The van der Waals surface area contributed by atoms with Crippen LogP contribution in [0.4, 0.5) is 11.5 Å². The van der Waals surface area contributed by atoms with Crippen LogP contribution < -0.4 is 31.6 Å². The first kappa shape index (κ1) is 61.0. The lowest BCUT2D eigenvalue weighted by Crippen LogP contribution is -2.76. The van der Waals surface area contributed by atoms with Crippen molar-refractivity contribution >= 4 is 89.2 Å². The third-order valence-corrected chi connectivity index (χ3v) is 17.6. The number of carbonyl (C=O) groups is 2. The summed E-state index contributed by atoms with van der Waals surface area (Å²) in [5.74, 6) is -0.890. The highest BCUT2D eigenvalue weighted by molar-refractivity contribution is 7.86. The number of amides is 2. The lowest BCUT2D eigenvalue weighted by atomic mass is 9.90. The minimum Gasteiger partial charge on any atom is -0.744 e. The molecule has 0 spiro atoms. The molecular weight excluding hydrogens is 1150 g/mol. The van der Waals surface area contributed by atoms with Crippen molar-refractivity contribution in [1.29, 1.82) is 0 Å². The zero-order valence-corrected chi connectivity index (χ0v) is 46.3. The number of aromatic nitrogens is 4. The van der Waals surface area contributed by atoms with Crippen LogP contribution in [0.3, 0.4) is 0 Å². The molecule has 11 N–H and O–H groups in total. The maximum atomic E-state index is 13.9. The minimum absolute atomic E-state index is 0.0507. The van der Waals surface area contributed by atoms with Gasteiger partial charge in [-0.3, -0.25) is 23.2 Å². The molecule has 1 aliphatic carbocycles. The van der Waals surface area contributed by atoms with E-state index in [-0.39, 0.29) is 83.5 Å². The molecule has 0 saturated carbocycles. The van der Waals surface area contributed by atoms with E-state index >= 15 is 0 Å². The van der Waals surface area contributed by atoms with Crippen LogP contribution in [0.5, 0.6) is 0 Å². The Bertz CT molecular complexity index is 3650. The molecule has 0 radical (unpaired) electrons. The molecule has 2 aromatic carbocycles. The van der Waals surface area contributed by atoms with Crippen LogP contribution in [-0.2, 0) is 56.6 Å². The van der Waals surface area contributed by atoms with E-state index in [0.717, 1.165) is 12.8 Å². The molecule has 2 amide bonds. The molecule has 3 aliphatic rings. The summed E-state index contributed by atoms with van der Waals surface area (Å²) in [6.07, 6.45) is 2.43. The SMILES string of the molecule is CCNc1ccc2c(-c3ccccc3C(=O)NCCCC(=O)NCCCCCCNc3ncnc4c3ncn4[C@H]3C[C@H](O)[C@@H](COP(=O)(O)OP(=O)(O)OP(=O)(O)O)O3)c3ccc(=[NH+]CC)c(S(=O)(=O)O)c-3oc2c1S(=O)(=O)[O-]. The molecule has 2 aliphatic heterocycles. The number of rotatable bonds is 27. The molecule has 5 atom stereocenters. The highest BCUT2D eigenvalue weighted by Gasteiger charge is 2.43. The Hall–Kier alpha value is -5.63. The number of fused-ring (bicyclic) bond motifs is 3. The Morgan fingerprint density at radius 3 is 2.27 bits per heavy atom. The lowest BCUT2D eigenvalue weighted by Gasteiger charge is -2.22. The second-order valence-electron chi connectivity index (χ2n) is 17.6. The fourth-order valence-corrected chi connectivity index (χ4v) is 13.3. The number of unbranched alkanes of at least 4 members (excludes halogenated alkanes) is 3. The molecular formula is C44H56N9O21P3S2. The Labute approximate surface area is 450 Å². The van der Waals surface area contributed by atoms with E-state index in [9.17, 15) is 64.1 Å². The van der Waals surface area contributed by atoms with Crippen LogP contribution in [0, 0.1) is 0 Å². The van der Waals surface area contributed by atoms with Crippen LogP contribution >= 0.6 is 23.5 Å². The second-order valence-corrected chi connectivity index (χ2v) is 24.7. The van der Waals surface area contributed by atoms with Gasteiger partial charge in [-0.15, -0.1) is 0 Å². The summed E-state index contributed by atoms with van der Waals surface area (Å²) in [7, 11) is -27.2. The Morgan fingerprint density at radius 2 is 1.57 bits per heavy atom. The van der Waals surface area contributed by atoms with Crippen LogP contribution in [0.2, 0.25) is 0 Å². The van der Waals surface area contributed by atoms with Crippen molar-refractivity contribution < 1.29 is 101 Å². The zero-order chi connectivity index (χ0) is 57.5. The fraction of sp³-hybridized carbons (Fsp3) is 0.409. The second kappa shape index (κ2) is 25.4. The first-order chi connectivity index (χ1) is 37.2. The van der Waals surface area contributed by atoms with Gasteiger partial charge in [0, 0.05) is 67.2 Å². The smallest absolute Gasteiger partial charge is 0.490 e. The summed E-state index contributed by atoms with van der Waals surface area (Å²) >= 11 is 0. The predicted octanol–water partition coefficient (Wildman–Crippen LogP) is 2.22. The molecule has 1 fully saturated rings. The third-order valence-electron chi connectivity index (χ3n) is 11.9. The fourth-order valence-electron chi connectivity index (χ4n) is 8.69. The first-order valence-corrected chi connectivity index (χ1v) is 31.6. The van der Waals surface area contributed by atoms with Gasteiger partial charge in [0.1, 0.15) is 40.2 Å². The molecule has 79 heavy (non-hydrogen) atoms. The largest absolute Gasteiger partial charge is 0.744 e. The van der Waals surface area contributed by atoms with Crippen molar-refractivity contribution in [2.75, 3.05) is 50.0 Å². The number of aliphatic hydroxyl groups excluding tert-OH is 1. The van der Waals surface area contributed by atoms with Crippen LogP contribution in [-0.4, -0.2) is 133 Å². The maximum absolute atomic E-state index is 13.9. The summed E-state index contributed by atoms with van der Waals surface area (Å²) in [6.45, 7) is 3.89. The molecule has 35 heteroatoms. The zero-order valence-electron chi connectivity index (χ0n) is 42.0. The van der Waals surface area contributed by atoms with Gasteiger partial charge in [-0.1, -0.05) is 31.0 Å². The van der Waals surface area contributed by atoms with Crippen molar-refractivity contribution in [1.82, 2.24) is 30.2 Å². The van der Waals surface area contributed by atoms with Gasteiger partial charge in [-0.05, 0) is 62.9 Å². The monoisotopic (exact) mass is 1200 g/mol. The molecule has 1 saturated heterocycles. The average Bonchev–Trinajstić information content (AvgIpc) is 3.92. The average molecular weight is 1200 g/mol. The van der Waals surface area contributed by atoms with E-state index < -0.39 is 95.8 Å².